The SMILES string of the molecule is CC1CC[C@@H](NC(=O)OCc2ccccc2)[C@H](NC(=O)OCc2ccccc2)C1. The summed E-state index contributed by atoms with van der Waals surface area (Å²) in [5.41, 5.74) is 1.86. The predicted octanol–water partition coefficient (Wildman–Crippen LogP) is 4.40. The standard InChI is InChI=1S/C23H28N2O4/c1-17-12-13-20(24-22(26)28-15-18-8-4-2-5-9-18)21(14-17)25-23(27)29-16-19-10-6-3-7-11-19/h2-11,17,20-21H,12-16H2,1H3,(H,24,26)(H,25,27)/t17?,20-,21-/m1/s1. The summed E-state index contributed by atoms with van der Waals surface area (Å²) in [6.45, 7) is 2.58. The van der Waals surface area contributed by atoms with Crippen molar-refractivity contribution in [3.8, 4) is 0 Å². The number of hydrogen-bond donors (Lipinski definition) is 2. The summed E-state index contributed by atoms with van der Waals surface area (Å²) in [5, 5.41) is 5.82. The molecular weight excluding hydrogens is 368 g/mol. The molecular formula is C23H28N2O4. The Morgan fingerprint density at radius 3 is 1.79 bits per heavy atom. The fourth-order valence-electron chi connectivity index (χ4n) is 3.55. The van der Waals surface area contributed by atoms with Crippen LogP contribution in [0.1, 0.15) is 37.3 Å². The fraction of sp³-hybridized carbons (Fsp3) is 0.391. The van der Waals surface area contributed by atoms with Crippen molar-refractivity contribution >= 4 is 12.2 Å². The molecule has 1 fully saturated rings. The van der Waals surface area contributed by atoms with Crippen LogP contribution in [0, 0.1) is 5.92 Å². The Labute approximate surface area is 171 Å². The maximum atomic E-state index is 12.3. The minimum Gasteiger partial charge on any atom is -0.445 e. The lowest BCUT2D eigenvalue weighted by Crippen LogP contribution is -2.54. The quantitative estimate of drug-likeness (QED) is 0.759. The molecule has 2 aromatic carbocycles. The average Bonchev–Trinajstić information content (AvgIpc) is 2.74. The van der Waals surface area contributed by atoms with Crippen LogP contribution in [0.5, 0.6) is 0 Å². The molecule has 1 aliphatic carbocycles. The van der Waals surface area contributed by atoms with Gasteiger partial charge in [0.15, 0.2) is 0 Å². The number of carbonyl (C=O) groups excluding carboxylic acids is 2. The summed E-state index contributed by atoms with van der Waals surface area (Å²) < 4.78 is 10.7. The Hall–Kier alpha value is -3.02. The molecule has 2 aromatic rings. The Bertz CT molecular complexity index is 782. The number of rotatable bonds is 6. The molecule has 154 valence electrons. The number of carbonyl (C=O) groups is 2. The van der Waals surface area contributed by atoms with Crippen molar-refractivity contribution in [1.29, 1.82) is 0 Å². The van der Waals surface area contributed by atoms with Crippen LogP contribution in [-0.2, 0) is 22.7 Å². The minimum absolute atomic E-state index is 0.182. The van der Waals surface area contributed by atoms with Crippen molar-refractivity contribution in [2.75, 3.05) is 0 Å². The Balaban J connectivity index is 1.48. The molecule has 6 nitrogen and oxygen atoms in total. The summed E-state index contributed by atoms with van der Waals surface area (Å²) in [6.07, 6.45) is 1.60. The van der Waals surface area contributed by atoms with E-state index in [9.17, 15) is 9.59 Å². The number of ether oxygens (including phenoxy) is 2. The van der Waals surface area contributed by atoms with E-state index in [1.165, 1.54) is 0 Å². The van der Waals surface area contributed by atoms with Crippen LogP contribution < -0.4 is 10.6 Å². The molecule has 2 N–H and O–H groups in total. The monoisotopic (exact) mass is 396 g/mol. The van der Waals surface area contributed by atoms with Crippen molar-refractivity contribution in [3.63, 3.8) is 0 Å². The third-order valence-electron chi connectivity index (χ3n) is 5.14. The second kappa shape index (κ2) is 10.5. The minimum atomic E-state index is -0.475. The summed E-state index contributed by atoms with van der Waals surface area (Å²) in [5.74, 6) is 0.466. The Kier molecular flexibility index (Phi) is 7.50. The smallest absolute Gasteiger partial charge is 0.407 e. The molecule has 0 saturated heterocycles. The number of amides is 2. The first-order valence-corrected chi connectivity index (χ1v) is 10.0. The molecule has 6 heteroatoms. The van der Waals surface area contributed by atoms with E-state index in [0.29, 0.717) is 5.92 Å². The van der Waals surface area contributed by atoms with E-state index < -0.39 is 12.2 Å². The number of benzene rings is 2. The van der Waals surface area contributed by atoms with Gasteiger partial charge in [-0.15, -0.1) is 0 Å². The molecule has 0 aromatic heterocycles. The van der Waals surface area contributed by atoms with Gasteiger partial charge in [0.05, 0.1) is 12.1 Å². The number of nitrogens with one attached hydrogen (secondary N) is 2. The zero-order valence-electron chi connectivity index (χ0n) is 16.7. The van der Waals surface area contributed by atoms with Crippen LogP contribution in [0.4, 0.5) is 9.59 Å². The molecule has 3 atom stereocenters. The molecule has 0 spiro atoms. The highest BCUT2D eigenvalue weighted by atomic mass is 16.6. The molecule has 1 aliphatic rings. The molecule has 1 saturated carbocycles. The first kappa shape index (κ1) is 20.7. The van der Waals surface area contributed by atoms with Crippen LogP contribution in [0.25, 0.3) is 0 Å². The second-order valence-electron chi connectivity index (χ2n) is 7.54. The van der Waals surface area contributed by atoms with Gasteiger partial charge in [-0.3, -0.25) is 0 Å². The largest absolute Gasteiger partial charge is 0.445 e. The van der Waals surface area contributed by atoms with E-state index in [-0.39, 0.29) is 25.3 Å². The van der Waals surface area contributed by atoms with E-state index in [1.54, 1.807) is 0 Å². The first-order valence-electron chi connectivity index (χ1n) is 10.0. The molecule has 3 rings (SSSR count). The van der Waals surface area contributed by atoms with E-state index >= 15 is 0 Å². The Morgan fingerprint density at radius 1 is 0.793 bits per heavy atom. The van der Waals surface area contributed by atoms with Gasteiger partial charge >= 0.3 is 12.2 Å². The highest BCUT2D eigenvalue weighted by molar-refractivity contribution is 5.69. The highest BCUT2D eigenvalue weighted by Gasteiger charge is 2.31. The third-order valence-corrected chi connectivity index (χ3v) is 5.14. The summed E-state index contributed by atoms with van der Waals surface area (Å²) >= 11 is 0. The molecule has 1 unspecified atom stereocenters. The Morgan fingerprint density at radius 2 is 1.28 bits per heavy atom. The van der Waals surface area contributed by atoms with Gasteiger partial charge in [-0.25, -0.2) is 9.59 Å². The van der Waals surface area contributed by atoms with E-state index in [2.05, 4.69) is 17.6 Å². The van der Waals surface area contributed by atoms with Crippen molar-refractivity contribution in [1.82, 2.24) is 10.6 Å². The van der Waals surface area contributed by atoms with Crippen molar-refractivity contribution in [2.24, 2.45) is 5.92 Å². The van der Waals surface area contributed by atoms with Crippen LogP contribution in [-0.4, -0.2) is 24.3 Å². The molecule has 0 radical (unpaired) electrons. The van der Waals surface area contributed by atoms with Gasteiger partial charge in [-0.1, -0.05) is 67.6 Å². The molecule has 0 bridgehead atoms. The summed E-state index contributed by atoms with van der Waals surface area (Å²) in [6, 6.07) is 18.7. The maximum Gasteiger partial charge on any atom is 0.407 e. The lowest BCUT2D eigenvalue weighted by molar-refractivity contribution is 0.114. The van der Waals surface area contributed by atoms with Crippen molar-refractivity contribution in [3.05, 3.63) is 71.8 Å². The maximum absolute atomic E-state index is 12.3. The van der Waals surface area contributed by atoms with E-state index in [4.69, 9.17) is 9.47 Å². The van der Waals surface area contributed by atoms with E-state index in [1.807, 2.05) is 60.7 Å². The van der Waals surface area contributed by atoms with Crippen molar-refractivity contribution < 1.29 is 19.1 Å². The van der Waals surface area contributed by atoms with Crippen LogP contribution in [0.2, 0.25) is 0 Å². The van der Waals surface area contributed by atoms with Gasteiger partial charge in [0.2, 0.25) is 0 Å². The first-order chi connectivity index (χ1) is 14.1. The van der Waals surface area contributed by atoms with Gasteiger partial charge in [0.25, 0.3) is 0 Å². The van der Waals surface area contributed by atoms with Crippen molar-refractivity contribution in [2.45, 2.75) is 51.5 Å². The third kappa shape index (κ3) is 6.82. The number of alkyl carbamates (subject to hydrolysis) is 2. The molecule has 2 amide bonds. The van der Waals surface area contributed by atoms with Gasteiger partial charge in [-0.05, 0) is 36.3 Å². The highest BCUT2D eigenvalue weighted by Crippen LogP contribution is 2.24. The van der Waals surface area contributed by atoms with Gasteiger partial charge in [-0.2, -0.15) is 0 Å². The van der Waals surface area contributed by atoms with Gasteiger partial charge < -0.3 is 20.1 Å². The lowest BCUT2D eigenvalue weighted by atomic mass is 9.83. The molecule has 0 heterocycles. The normalized spacial score (nSPS) is 21.1. The van der Waals surface area contributed by atoms with E-state index in [0.717, 1.165) is 30.4 Å². The number of hydrogen-bond acceptors (Lipinski definition) is 4. The average molecular weight is 396 g/mol. The fourth-order valence-corrected chi connectivity index (χ4v) is 3.55. The van der Waals surface area contributed by atoms with Gasteiger partial charge in [0.1, 0.15) is 13.2 Å². The second-order valence-corrected chi connectivity index (χ2v) is 7.54. The lowest BCUT2D eigenvalue weighted by Gasteiger charge is -2.35. The summed E-state index contributed by atoms with van der Waals surface area (Å²) in [4.78, 5) is 24.5. The zero-order chi connectivity index (χ0) is 20.5. The molecule has 0 aliphatic heterocycles. The zero-order valence-corrected chi connectivity index (χ0v) is 16.7. The topological polar surface area (TPSA) is 76.7 Å². The molecule has 29 heavy (non-hydrogen) atoms. The predicted molar refractivity (Wildman–Crippen MR) is 110 cm³/mol. The van der Waals surface area contributed by atoms with Gasteiger partial charge in [0, 0.05) is 0 Å². The van der Waals surface area contributed by atoms with Crippen LogP contribution >= 0.6 is 0 Å². The van der Waals surface area contributed by atoms with Crippen LogP contribution in [0.15, 0.2) is 60.7 Å². The summed E-state index contributed by atoms with van der Waals surface area (Å²) in [7, 11) is 0. The van der Waals surface area contributed by atoms with Crippen LogP contribution in [0.3, 0.4) is 0 Å².